The number of sulfonamides is 1. The molecule has 0 radical (unpaired) electrons. The van der Waals surface area contributed by atoms with Gasteiger partial charge in [-0.3, -0.25) is 9.10 Å². The Bertz CT molecular complexity index is 1200. The lowest BCUT2D eigenvalue weighted by atomic mass is 10.1. The van der Waals surface area contributed by atoms with Gasteiger partial charge >= 0.3 is 0 Å². The maximum Gasteiger partial charge on any atom is 0.264 e. The zero-order valence-electron chi connectivity index (χ0n) is 20.2. The molecule has 0 saturated heterocycles. The van der Waals surface area contributed by atoms with E-state index in [9.17, 15) is 13.2 Å². The van der Waals surface area contributed by atoms with Crippen molar-refractivity contribution < 1.29 is 17.9 Å². The number of carbonyl (C=O) groups is 1. The number of nitrogens with zero attached hydrogens (tertiary/aromatic N) is 1. The largest absolute Gasteiger partial charge is 0.492 e. The van der Waals surface area contributed by atoms with Gasteiger partial charge in [0.2, 0.25) is 5.91 Å². The minimum Gasteiger partial charge on any atom is -0.492 e. The molecule has 1 amide bonds. The molecule has 0 aliphatic carbocycles. The van der Waals surface area contributed by atoms with Gasteiger partial charge in [-0.05, 0) is 80.3 Å². The van der Waals surface area contributed by atoms with Gasteiger partial charge in [0.05, 0.1) is 17.1 Å². The Morgan fingerprint density at radius 3 is 2.09 bits per heavy atom. The van der Waals surface area contributed by atoms with E-state index in [0.29, 0.717) is 5.69 Å². The molecular weight excluding hydrogens is 448 g/mol. The number of benzene rings is 3. The molecule has 0 aromatic heterocycles. The Hall–Kier alpha value is -3.32. The van der Waals surface area contributed by atoms with E-state index in [0.717, 1.165) is 33.2 Å². The Morgan fingerprint density at radius 1 is 0.882 bits per heavy atom. The average molecular weight is 481 g/mol. The van der Waals surface area contributed by atoms with Crippen LogP contribution in [0.4, 0.5) is 5.69 Å². The topological polar surface area (TPSA) is 75.7 Å². The van der Waals surface area contributed by atoms with Crippen molar-refractivity contribution in [3.63, 3.8) is 0 Å². The zero-order chi connectivity index (χ0) is 24.7. The van der Waals surface area contributed by atoms with Gasteiger partial charge in [0, 0.05) is 0 Å². The summed E-state index contributed by atoms with van der Waals surface area (Å²) in [4.78, 5) is 12.9. The number of ether oxygens (including phenoxy) is 1. The smallest absolute Gasteiger partial charge is 0.264 e. The molecule has 7 heteroatoms. The van der Waals surface area contributed by atoms with E-state index >= 15 is 0 Å². The molecule has 0 heterocycles. The molecule has 0 unspecified atom stereocenters. The van der Waals surface area contributed by atoms with Gasteiger partial charge in [-0.25, -0.2) is 8.42 Å². The molecule has 3 rings (SSSR count). The molecule has 0 fully saturated rings. The predicted octanol–water partition coefficient (Wildman–Crippen LogP) is 4.56. The number of rotatable bonds is 10. The number of carbonyl (C=O) groups excluding carboxylic acids is 1. The van der Waals surface area contributed by atoms with Crippen LogP contribution in [0.2, 0.25) is 0 Å². The number of hydrogen-bond acceptors (Lipinski definition) is 4. The van der Waals surface area contributed by atoms with E-state index < -0.39 is 15.9 Å². The van der Waals surface area contributed by atoms with Crippen LogP contribution in [0.5, 0.6) is 5.75 Å². The van der Waals surface area contributed by atoms with Crippen LogP contribution in [0, 0.1) is 20.8 Å². The fraction of sp³-hybridized carbons (Fsp3) is 0.296. The highest BCUT2D eigenvalue weighted by atomic mass is 32.2. The van der Waals surface area contributed by atoms with Gasteiger partial charge in [-0.15, -0.1) is 0 Å². The van der Waals surface area contributed by atoms with Crippen LogP contribution < -0.4 is 14.4 Å². The van der Waals surface area contributed by atoms with Crippen LogP contribution >= 0.6 is 0 Å². The summed E-state index contributed by atoms with van der Waals surface area (Å²) in [6, 6.07) is 19.9. The molecule has 3 aromatic carbocycles. The van der Waals surface area contributed by atoms with Gasteiger partial charge in [0.1, 0.15) is 18.9 Å². The van der Waals surface area contributed by atoms with E-state index in [-0.39, 0.29) is 24.6 Å². The summed E-state index contributed by atoms with van der Waals surface area (Å²) in [7, 11) is -3.94. The summed E-state index contributed by atoms with van der Waals surface area (Å²) in [6.45, 7) is 8.00. The van der Waals surface area contributed by atoms with E-state index in [1.165, 1.54) is 5.56 Å². The first-order valence-electron chi connectivity index (χ1n) is 11.3. The van der Waals surface area contributed by atoms with Gasteiger partial charge < -0.3 is 10.1 Å². The fourth-order valence-electron chi connectivity index (χ4n) is 3.61. The summed E-state index contributed by atoms with van der Waals surface area (Å²) in [5.74, 6) is 0.324. The second-order valence-electron chi connectivity index (χ2n) is 8.37. The summed E-state index contributed by atoms with van der Waals surface area (Å²) in [6.07, 6.45) is 0.957. The van der Waals surface area contributed by atoms with E-state index in [2.05, 4.69) is 12.2 Å². The monoisotopic (exact) mass is 480 g/mol. The van der Waals surface area contributed by atoms with Gasteiger partial charge in [0.25, 0.3) is 10.0 Å². The van der Waals surface area contributed by atoms with Crippen molar-refractivity contribution in [3.8, 4) is 5.75 Å². The highest BCUT2D eigenvalue weighted by Crippen LogP contribution is 2.26. The van der Waals surface area contributed by atoms with Crippen LogP contribution in [-0.2, 0) is 21.2 Å². The fourth-order valence-corrected chi connectivity index (χ4v) is 5.02. The third-order valence-electron chi connectivity index (χ3n) is 5.42. The molecule has 0 spiro atoms. The molecule has 0 aliphatic rings. The summed E-state index contributed by atoms with van der Waals surface area (Å²) in [5.41, 5.74) is 4.48. The van der Waals surface area contributed by atoms with Crippen molar-refractivity contribution in [1.82, 2.24) is 5.32 Å². The van der Waals surface area contributed by atoms with Crippen molar-refractivity contribution in [3.05, 3.63) is 89.0 Å². The van der Waals surface area contributed by atoms with Gasteiger partial charge in [-0.2, -0.15) is 0 Å². The maximum atomic E-state index is 13.5. The minimum atomic E-state index is -3.94. The Morgan fingerprint density at radius 2 is 1.50 bits per heavy atom. The number of amides is 1. The van der Waals surface area contributed by atoms with Crippen molar-refractivity contribution in [2.45, 2.75) is 39.0 Å². The summed E-state index contributed by atoms with van der Waals surface area (Å²) >= 11 is 0. The normalized spacial score (nSPS) is 11.2. The van der Waals surface area contributed by atoms with Crippen molar-refractivity contribution in [2.24, 2.45) is 0 Å². The van der Waals surface area contributed by atoms with Crippen LogP contribution in [0.1, 0.15) is 29.2 Å². The summed E-state index contributed by atoms with van der Waals surface area (Å²) < 4.78 is 33.8. The molecule has 3 aromatic rings. The van der Waals surface area contributed by atoms with Crippen LogP contribution in [0.15, 0.2) is 71.6 Å². The molecule has 180 valence electrons. The molecule has 0 saturated carbocycles. The lowest BCUT2D eigenvalue weighted by molar-refractivity contribution is -0.119. The van der Waals surface area contributed by atoms with Gasteiger partial charge in [-0.1, -0.05) is 42.8 Å². The standard InChI is InChI=1S/C27H32N2O4S/c1-5-23-8-10-25(11-9-23)33-15-14-28-27(30)19-29(24-17-21(3)16-22(4)18-24)34(31,32)26-12-6-20(2)7-13-26/h6-13,16-18H,5,14-15,19H2,1-4H3,(H,28,30). The number of aryl methyl sites for hydroxylation is 4. The Balaban J connectivity index is 1.71. The molecule has 0 bridgehead atoms. The highest BCUT2D eigenvalue weighted by Gasteiger charge is 2.27. The molecule has 34 heavy (non-hydrogen) atoms. The molecule has 6 nitrogen and oxygen atoms in total. The Kier molecular flexibility index (Phi) is 8.34. The van der Waals surface area contributed by atoms with E-state index in [1.54, 1.807) is 36.4 Å². The number of anilines is 1. The van der Waals surface area contributed by atoms with Crippen LogP contribution in [-0.4, -0.2) is 34.0 Å². The first-order valence-corrected chi connectivity index (χ1v) is 12.8. The highest BCUT2D eigenvalue weighted by molar-refractivity contribution is 7.92. The maximum absolute atomic E-state index is 13.5. The first-order chi connectivity index (χ1) is 16.2. The number of hydrogen-bond donors (Lipinski definition) is 1. The third-order valence-corrected chi connectivity index (χ3v) is 7.20. The second kappa shape index (κ2) is 11.2. The van der Waals surface area contributed by atoms with Gasteiger partial charge in [0.15, 0.2) is 0 Å². The minimum absolute atomic E-state index is 0.143. The van der Waals surface area contributed by atoms with Crippen LogP contribution in [0.3, 0.4) is 0 Å². The Labute approximate surface area is 202 Å². The second-order valence-corrected chi connectivity index (χ2v) is 10.2. The van der Waals surface area contributed by atoms with E-state index in [4.69, 9.17) is 4.74 Å². The zero-order valence-corrected chi connectivity index (χ0v) is 21.0. The quantitative estimate of drug-likeness (QED) is 0.432. The SMILES string of the molecule is CCc1ccc(OCCNC(=O)CN(c2cc(C)cc(C)c2)S(=O)(=O)c2ccc(C)cc2)cc1. The summed E-state index contributed by atoms with van der Waals surface area (Å²) in [5, 5.41) is 2.77. The lowest BCUT2D eigenvalue weighted by Crippen LogP contribution is -2.42. The molecule has 0 atom stereocenters. The predicted molar refractivity (Wildman–Crippen MR) is 136 cm³/mol. The number of nitrogens with one attached hydrogen (secondary N) is 1. The van der Waals surface area contributed by atoms with Crippen LogP contribution in [0.25, 0.3) is 0 Å². The molecule has 1 N–H and O–H groups in total. The molecular formula is C27H32N2O4S. The average Bonchev–Trinajstić information content (AvgIpc) is 2.80. The van der Waals surface area contributed by atoms with Crippen molar-refractivity contribution >= 4 is 21.6 Å². The lowest BCUT2D eigenvalue weighted by Gasteiger charge is -2.25. The third kappa shape index (κ3) is 6.60. The van der Waals surface area contributed by atoms with E-state index in [1.807, 2.05) is 51.1 Å². The first kappa shape index (κ1) is 25.3. The van der Waals surface area contributed by atoms with Crippen molar-refractivity contribution in [2.75, 3.05) is 24.0 Å². The molecule has 0 aliphatic heterocycles. The van der Waals surface area contributed by atoms with Crippen molar-refractivity contribution in [1.29, 1.82) is 0 Å².